The van der Waals surface area contributed by atoms with Crippen molar-refractivity contribution in [3.05, 3.63) is 29.8 Å². The molecule has 1 aromatic rings. The van der Waals surface area contributed by atoms with Crippen molar-refractivity contribution >= 4 is 12.4 Å². The predicted molar refractivity (Wildman–Crippen MR) is 81.8 cm³/mol. The fourth-order valence-corrected chi connectivity index (χ4v) is 2.09. The number of rotatable bonds is 6. The first-order valence-corrected chi connectivity index (χ1v) is 6.92. The number of halogens is 1. The summed E-state index contributed by atoms with van der Waals surface area (Å²) < 4.78 is 10.8. The summed E-state index contributed by atoms with van der Waals surface area (Å²) in [5.41, 5.74) is 1.20. The topological polar surface area (TPSA) is 50.7 Å². The number of hydrogen-bond donors (Lipinski definition) is 2. The van der Waals surface area contributed by atoms with E-state index in [9.17, 15) is 5.11 Å². The highest BCUT2D eigenvalue weighted by atomic mass is 35.5. The van der Waals surface area contributed by atoms with Crippen LogP contribution < -0.4 is 10.1 Å². The van der Waals surface area contributed by atoms with Crippen molar-refractivity contribution in [2.24, 2.45) is 0 Å². The van der Waals surface area contributed by atoms with Gasteiger partial charge in [-0.2, -0.15) is 0 Å². The van der Waals surface area contributed by atoms with E-state index in [0.717, 1.165) is 31.8 Å². The first kappa shape index (κ1) is 17.2. The Labute approximate surface area is 126 Å². The largest absolute Gasteiger partial charge is 0.491 e. The molecule has 20 heavy (non-hydrogen) atoms. The highest BCUT2D eigenvalue weighted by Crippen LogP contribution is 2.11. The van der Waals surface area contributed by atoms with Gasteiger partial charge in [-0.15, -0.1) is 12.4 Å². The highest BCUT2D eigenvalue weighted by molar-refractivity contribution is 5.85. The van der Waals surface area contributed by atoms with E-state index in [2.05, 4.69) is 5.32 Å². The molecule has 1 fully saturated rings. The van der Waals surface area contributed by atoms with Crippen molar-refractivity contribution in [3.63, 3.8) is 0 Å². The van der Waals surface area contributed by atoms with E-state index in [4.69, 9.17) is 9.47 Å². The quantitative estimate of drug-likeness (QED) is 0.843. The Balaban J connectivity index is 0.00000200. The summed E-state index contributed by atoms with van der Waals surface area (Å²) in [6.07, 6.45) is 1.56. The number of benzene rings is 1. The first-order chi connectivity index (χ1) is 9.24. The van der Waals surface area contributed by atoms with Gasteiger partial charge < -0.3 is 19.9 Å². The lowest BCUT2D eigenvalue weighted by molar-refractivity contribution is 0.0655. The fraction of sp³-hybridized carbons (Fsp3) is 0.600. The van der Waals surface area contributed by atoms with Crippen LogP contribution >= 0.6 is 12.4 Å². The number of nitrogens with one attached hydrogen (secondary N) is 1. The second kappa shape index (κ2) is 9.19. The molecule has 1 aliphatic heterocycles. The molecule has 0 radical (unpaired) electrons. The van der Waals surface area contributed by atoms with Gasteiger partial charge in [0.25, 0.3) is 0 Å². The SMILES string of the molecule is Cc1ccc(OCC(O)CNC2CCOCC2)cc1.Cl. The highest BCUT2D eigenvalue weighted by Gasteiger charge is 2.14. The molecule has 0 spiro atoms. The van der Waals surface area contributed by atoms with Crippen LogP contribution in [0.2, 0.25) is 0 Å². The van der Waals surface area contributed by atoms with Gasteiger partial charge in [-0.3, -0.25) is 0 Å². The van der Waals surface area contributed by atoms with Crippen LogP contribution in [0, 0.1) is 6.92 Å². The van der Waals surface area contributed by atoms with Crippen molar-refractivity contribution in [1.29, 1.82) is 0 Å². The number of hydrogen-bond acceptors (Lipinski definition) is 4. The molecule has 4 nitrogen and oxygen atoms in total. The van der Waals surface area contributed by atoms with Gasteiger partial charge in [-0.1, -0.05) is 17.7 Å². The summed E-state index contributed by atoms with van der Waals surface area (Å²) >= 11 is 0. The Bertz CT molecular complexity index is 366. The maximum Gasteiger partial charge on any atom is 0.119 e. The molecule has 1 aromatic carbocycles. The van der Waals surface area contributed by atoms with Gasteiger partial charge in [0.15, 0.2) is 0 Å². The Morgan fingerprint density at radius 3 is 2.60 bits per heavy atom. The van der Waals surface area contributed by atoms with E-state index in [0.29, 0.717) is 19.2 Å². The number of ether oxygens (including phenoxy) is 2. The summed E-state index contributed by atoms with van der Waals surface area (Å²) in [5.74, 6) is 0.802. The molecular formula is C15H24ClNO3. The minimum atomic E-state index is -0.482. The number of aliphatic hydroxyl groups excluding tert-OH is 1. The molecule has 0 saturated carbocycles. The maximum atomic E-state index is 9.88. The van der Waals surface area contributed by atoms with Crippen molar-refractivity contribution in [2.45, 2.75) is 31.9 Å². The molecule has 0 bridgehead atoms. The molecule has 5 heteroatoms. The van der Waals surface area contributed by atoms with Crippen LogP contribution in [0.3, 0.4) is 0 Å². The lowest BCUT2D eigenvalue weighted by atomic mass is 10.1. The average Bonchev–Trinajstić information content (AvgIpc) is 2.45. The third-order valence-electron chi connectivity index (χ3n) is 3.33. The zero-order valence-corrected chi connectivity index (χ0v) is 12.7. The average molecular weight is 302 g/mol. The van der Waals surface area contributed by atoms with Crippen LogP contribution in [-0.2, 0) is 4.74 Å². The zero-order valence-electron chi connectivity index (χ0n) is 11.9. The monoisotopic (exact) mass is 301 g/mol. The molecule has 2 rings (SSSR count). The summed E-state index contributed by atoms with van der Waals surface area (Å²) in [4.78, 5) is 0. The lowest BCUT2D eigenvalue weighted by Crippen LogP contribution is -2.40. The van der Waals surface area contributed by atoms with E-state index in [1.807, 2.05) is 31.2 Å². The summed E-state index contributed by atoms with van der Waals surface area (Å²) in [5, 5.41) is 13.2. The van der Waals surface area contributed by atoms with Gasteiger partial charge in [-0.05, 0) is 31.9 Å². The van der Waals surface area contributed by atoms with Crippen molar-refractivity contribution in [3.8, 4) is 5.75 Å². The number of aryl methyl sites for hydroxylation is 1. The molecule has 1 heterocycles. The van der Waals surface area contributed by atoms with Gasteiger partial charge in [0.1, 0.15) is 18.5 Å². The third kappa shape index (κ3) is 6.09. The standard InChI is InChI=1S/C15H23NO3.ClH/c1-12-2-4-15(5-3-12)19-11-14(17)10-16-13-6-8-18-9-7-13;/h2-5,13-14,16-17H,6-11H2,1H3;1H. The van der Waals surface area contributed by atoms with Gasteiger partial charge in [0, 0.05) is 25.8 Å². The molecule has 2 N–H and O–H groups in total. The van der Waals surface area contributed by atoms with Crippen molar-refractivity contribution < 1.29 is 14.6 Å². The Hall–Kier alpha value is -0.810. The second-order valence-corrected chi connectivity index (χ2v) is 5.07. The lowest BCUT2D eigenvalue weighted by Gasteiger charge is -2.24. The maximum absolute atomic E-state index is 9.88. The van der Waals surface area contributed by atoms with Crippen LogP contribution in [0.1, 0.15) is 18.4 Å². The van der Waals surface area contributed by atoms with E-state index in [1.165, 1.54) is 5.56 Å². The van der Waals surface area contributed by atoms with Crippen LogP contribution in [0.5, 0.6) is 5.75 Å². The Kier molecular flexibility index (Phi) is 7.92. The fourth-order valence-electron chi connectivity index (χ4n) is 2.09. The molecule has 1 atom stereocenters. The van der Waals surface area contributed by atoms with Gasteiger partial charge >= 0.3 is 0 Å². The second-order valence-electron chi connectivity index (χ2n) is 5.07. The predicted octanol–water partition coefficient (Wildman–Crippen LogP) is 1.93. The molecule has 1 aliphatic rings. The molecular weight excluding hydrogens is 278 g/mol. The van der Waals surface area contributed by atoms with Crippen LogP contribution in [0.25, 0.3) is 0 Å². The molecule has 0 amide bonds. The van der Waals surface area contributed by atoms with Gasteiger partial charge in [-0.25, -0.2) is 0 Å². The number of aliphatic hydroxyl groups is 1. The van der Waals surface area contributed by atoms with Crippen LogP contribution in [0.4, 0.5) is 0 Å². The van der Waals surface area contributed by atoms with Gasteiger partial charge in [0.05, 0.1) is 0 Å². The van der Waals surface area contributed by atoms with Crippen LogP contribution in [0.15, 0.2) is 24.3 Å². The van der Waals surface area contributed by atoms with Crippen LogP contribution in [-0.4, -0.2) is 43.6 Å². The molecule has 0 aromatic heterocycles. The molecule has 114 valence electrons. The van der Waals surface area contributed by atoms with E-state index in [1.54, 1.807) is 0 Å². The van der Waals surface area contributed by atoms with E-state index in [-0.39, 0.29) is 12.4 Å². The summed E-state index contributed by atoms with van der Waals surface area (Å²) in [6.45, 7) is 4.55. The normalized spacial score (nSPS) is 17.3. The summed E-state index contributed by atoms with van der Waals surface area (Å²) in [6, 6.07) is 8.31. The first-order valence-electron chi connectivity index (χ1n) is 6.92. The van der Waals surface area contributed by atoms with E-state index < -0.39 is 6.10 Å². The van der Waals surface area contributed by atoms with E-state index >= 15 is 0 Å². The Morgan fingerprint density at radius 1 is 1.30 bits per heavy atom. The molecule has 1 saturated heterocycles. The third-order valence-corrected chi connectivity index (χ3v) is 3.33. The minimum absolute atomic E-state index is 0. The summed E-state index contributed by atoms with van der Waals surface area (Å²) in [7, 11) is 0. The van der Waals surface area contributed by atoms with Crippen molar-refractivity contribution in [2.75, 3.05) is 26.4 Å². The minimum Gasteiger partial charge on any atom is -0.491 e. The van der Waals surface area contributed by atoms with Crippen molar-refractivity contribution in [1.82, 2.24) is 5.32 Å². The smallest absolute Gasteiger partial charge is 0.119 e. The molecule has 0 aliphatic carbocycles. The zero-order chi connectivity index (χ0) is 13.5. The molecule has 1 unspecified atom stereocenters. The Morgan fingerprint density at radius 2 is 1.95 bits per heavy atom. The van der Waals surface area contributed by atoms with Gasteiger partial charge in [0.2, 0.25) is 0 Å².